The first-order chi connectivity index (χ1) is 13.0. The number of nitrogens with zero attached hydrogens (tertiary/aromatic N) is 2. The van der Waals surface area contributed by atoms with Crippen LogP contribution in [0.5, 0.6) is 0 Å². The quantitative estimate of drug-likeness (QED) is 0.410. The van der Waals surface area contributed by atoms with Gasteiger partial charge in [0.05, 0.1) is 21.2 Å². The van der Waals surface area contributed by atoms with Crippen molar-refractivity contribution in [3.63, 3.8) is 0 Å². The van der Waals surface area contributed by atoms with Gasteiger partial charge < -0.3 is 0 Å². The van der Waals surface area contributed by atoms with E-state index in [0.717, 1.165) is 36.8 Å². The minimum Gasteiger partial charge on any atom is -0.229 e. The molecule has 4 aromatic rings. The van der Waals surface area contributed by atoms with Gasteiger partial charge in [-0.1, -0.05) is 53.7 Å². The van der Waals surface area contributed by atoms with Gasteiger partial charge in [-0.25, -0.2) is 4.21 Å². The smallest absolute Gasteiger partial charge is 0.173 e. The monoisotopic (exact) mass is 412 g/mol. The highest BCUT2D eigenvalue weighted by molar-refractivity contribution is 7.99. The molecule has 0 fully saturated rings. The lowest BCUT2D eigenvalue weighted by molar-refractivity contribution is 0.668. The summed E-state index contributed by atoms with van der Waals surface area (Å²) < 4.78 is 14.8. The zero-order chi connectivity index (χ0) is 19.0. The Morgan fingerprint density at radius 1 is 0.963 bits per heavy atom. The Balaban J connectivity index is 1.68. The molecule has 0 unspecified atom stereocenters. The standard InChI is InChI=1S/C21H17ClN2OS2/c1-14-21(26-19-10-8-18(22)9-11-19)15(2)24(23-14)27(25)20-12-7-16-5-3-4-6-17(16)13-20/h3-13H,1-2H3/t27-/m0/s1. The third-order valence-corrected chi connectivity index (χ3v) is 7.18. The molecule has 3 nitrogen and oxygen atoms in total. The van der Waals surface area contributed by atoms with Crippen LogP contribution in [0.15, 0.2) is 81.4 Å². The van der Waals surface area contributed by atoms with Gasteiger partial charge in [0.15, 0.2) is 11.0 Å². The first-order valence-electron chi connectivity index (χ1n) is 8.43. The van der Waals surface area contributed by atoms with E-state index in [1.54, 1.807) is 15.8 Å². The first kappa shape index (κ1) is 18.3. The van der Waals surface area contributed by atoms with Crippen molar-refractivity contribution in [2.45, 2.75) is 28.5 Å². The molecule has 0 N–H and O–H groups in total. The normalized spacial score (nSPS) is 12.4. The van der Waals surface area contributed by atoms with E-state index in [1.165, 1.54) is 0 Å². The third kappa shape index (κ3) is 3.68. The lowest BCUT2D eigenvalue weighted by Crippen LogP contribution is -2.08. The fourth-order valence-corrected chi connectivity index (χ4v) is 5.17. The number of halogens is 1. The maximum Gasteiger partial charge on any atom is 0.173 e. The molecular weight excluding hydrogens is 396 g/mol. The minimum atomic E-state index is -1.39. The Morgan fingerprint density at radius 2 is 1.67 bits per heavy atom. The van der Waals surface area contributed by atoms with Crippen molar-refractivity contribution < 1.29 is 4.21 Å². The van der Waals surface area contributed by atoms with Crippen LogP contribution in [-0.2, 0) is 11.0 Å². The summed E-state index contributed by atoms with van der Waals surface area (Å²) in [7, 11) is -1.39. The van der Waals surface area contributed by atoms with Gasteiger partial charge in [-0.2, -0.15) is 9.19 Å². The maximum atomic E-state index is 13.2. The van der Waals surface area contributed by atoms with Gasteiger partial charge in [0.25, 0.3) is 0 Å². The van der Waals surface area contributed by atoms with E-state index in [0.29, 0.717) is 5.02 Å². The summed E-state index contributed by atoms with van der Waals surface area (Å²) in [5.41, 5.74) is 1.75. The van der Waals surface area contributed by atoms with Crippen LogP contribution in [-0.4, -0.2) is 13.4 Å². The minimum absolute atomic E-state index is 0.709. The number of aromatic nitrogens is 2. The van der Waals surface area contributed by atoms with Gasteiger partial charge in [-0.3, -0.25) is 0 Å². The Morgan fingerprint density at radius 3 is 2.41 bits per heavy atom. The van der Waals surface area contributed by atoms with Crippen LogP contribution in [0, 0.1) is 13.8 Å². The molecule has 0 aliphatic carbocycles. The van der Waals surface area contributed by atoms with Crippen molar-refractivity contribution in [1.82, 2.24) is 9.19 Å². The van der Waals surface area contributed by atoms with Crippen molar-refractivity contribution >= 4 is 45.1 Å². The molecule has 0 radical (unpaired) electrons. The third-order valence-electron chi connectivity index (χ3n) is 4.30. The summed E-state index contributed by atoms with van der Waals surface area (Å²) in [6.45, 7) is 3.90. The van der Waals surface area contributed by atoms with E-state index < -0.39 is 11.0 Å². The SMILES string of the molecule is Cc1nn([S@@](=O)c2ccc3ccccc3c2)c(C)c1Sc1ccc(Cl)cc1. The largest absolute Gasteiger partial charge is 0.229 e. The van der Waals surface area contributed by atoms with Gasteiger partial charge in [0, 0.05) is 9.92 Å². The van der Waals surface area contributed by atoms with Crippen LogP contribution in [0.2, 0.25) is 5.02 Å². The van der Waals surface area contributed by atoms with Crippen LogP contribution >= 0.6 is 23.4 Å². The number of hydrogen-bond acceptors (Lipinski definition) is 3. The predicted octanol–water partition coefficient (Wildman–Crippen LogP) is 6.03. The van der Waals surface area contributed by atoms with Crippen LogP contribution in [0.1, 0.15) is 11.4 Å². The van der Waals surface area contributed by atoms with Crippen LogP contribution in [0.25, 0.3) is 10.8 Å². The van der Waals surface area contributed by atoms with E-state index in [4.69, 9.17) is 11.6 Å². The van der Waals surface area contributed by atoms with Crippen LogP contribution in [0.4, 0.5) is 0 Å². The Kier molecular flexibility index (Phi) is 5.08. The van der Waals surface area contributed by atoms with Crippen molar-refractivity contribution in [2.75, 3.05) is 0 Å². The molecule has 1 aromatic heterocycles. The number of fused-ring (bicyclic) bond motifs is 1. The Labute approximate surface area is 170 Å². The predicted molar refractivity (Wildman–Crippen MR) is 113 cm³/mol. The number of aryl methyl sites for hydroxylation is 1. The van der Waals surface area contributed by atoms with Gasteiger partial charge in [-0.15, -0.1) is 0 Å². The fraction of sp³-hybridized carbons (Fsp3) is 0.0952. The zero-order valence-corrected chi connectivity index (χ0v) is 17.2. The van der Waals surface area contributed by atoms with Gasteiger partial charge >= 0.3 is 0 Å². The summed E-state index contributed by atoms with van der Waals surface area (Å²) >= 11 is 7.58. The molecular formula is C21H17ClN2OS2. The highest BCUT2D eigenvalue weighted by Gasteiger charge is 2.18. The summed E-state index contributed by atoms with van der Waals surface area (Å²) in [6, 6.07) is 21.6. The number of benzene rings is 3. The first-order valence-corrected chi connectivity index (χ1v) is 10.7. The van der Waals surface area contributed by atoms with Crippen LogP contribution < -0.4 is 0 Å². The molecule has 27 heavy (non-hydrogen) atoms. The number of hydrogen-bond donors (Lipinski definition) is 0. The van der Waals surface area contributed by atoms with Crippen molar-refractivity contribution in [2.24, 2.45) is 0 Å². The van der Waals surface area contributed by atoms with Crippen LogP contribution in [0.3, 0.4) is 0 Å². The summed E-state index contributed by atoms with van der Waals surface area (Å²) in [5, 5.41) is 7.46. The Bertz CT molecular complexity index is 1150. The van der Waals surface area contributed by atoms with E-state index in [9.17, 15) is 4.21 Å². The molecule has 0 bridgehead atoms. The molecule has 6 heteroatoms. The molecule has 0 saturated carbocycles. The van der Waals surface area contributed by atoms with Crippen molar-refractivity contribution in [3.8, 4) is 0 Å². The van der Waals surface area contributed by atoms with Gasteiger partial charge in [-0.05, 0) is 61.0 Å². The molecule has 0 aliphatic heterocycles. The molecule has 1 atom stereocenters. The molecule has 3 aromatic carbocycles. The maximum absolute atomic E-state index is 13.2. The van der Waals surface area contributed by atoms with Gasteiger partial charge in [0.2, 0.25) is 0 Å². The molecule has 136 valence electrons. The molecule has 1 heterocycles. The van der Waals surface area contributed by atoms with Crippen molar-refractivity contribution in [1.29, 1.82) is 0 Å². The molecule has 4 rings (SSSR count). The van der Waals surface area contributed by atoms with E-state index >= 15 is 0 Å². The highest BCUT2D eigenvalue weighted by atomic mass is 35.5. The van der Waals surface area contributed by atoms with E-state index in [1.807, 2.05) is 80.6 Å². The second kappa shape index (κ2) is 7.50. The summed E-state index contributed by atoms with van der Waals surface area (Å²) in [5.74, 6) is 0. The average Bonchev–Trinajstić information content (AvgIpc) is 2.97. The average molecular weight is 413 g/mol. The topological polar surface area (TPSA) is 34.9 Å². The van der Waals surface area contributed by atoms with Crippen molar-refractivity contribution in [3.05, 3.63) is 83.1 Å². The highest BCUT2D eigenvalue weighted by Crippen LogP contribution is 2.34. The molecule has 0 spiro atoms. The Hall–Kier alpha value is -2.08. The number of rotatable bonds is 4. The molecule has 0 aliphatic rings. The molecule has 0 saturated heterocycles. The fourth-order valence-electron chi connectivity index (χ4n) is 2.91. The molecule has 0 amide bonds. The summed E-state index contributed by atoms with van der Waals surface area (Å²) in [6.07, 6.45) is 0. The van der Waals surface area contributed by atoms with E-state index in [-0.39, 0.29) is 0 Å². The lowest BCUT2D eigenvalue weighted by Gasteiger charge is -2.07. The van der Waals surface area contributed by atoms with E-state index in [2.05, 4.69) is 5.10 Å². The lowest BCUT2D eigenvalue weighted by atomic mass is 10.1. The van der Waals surface area contributed by atoms with Gasteiger partial charge in [0.1, 0.15) is 0 Å². The summed E-state index contributed by atoms with van der Waals surface area (Å²) in [4.78, 5) is 2.83. The second-order valence-electron chi connectivity index (χ2n) is 6.19. The zero-order valence-electron chi connectivity index (χ0n) is 14.8. The second-order valence-corrected chi connectivity index (χ2v) is 9.02.